The molecule has 8 rings (SSSR count). The van der Waals surface area contributed by atoms with Gasteiger partial charge >= 0.3 is 0 Å². The zero-order valence-corrected chi connectivity index (χ0v) is 30.2. The van der Waals surface area contributed by atoms with Crippen LogP contribution in [-0.2, 0) is 21.1 Å². The van der Waals surface area contributed by atoms with Crippen LogP contribution in [0.4, 0.5) is 0 Å². The van der Waals surface area contributed by atoms with Crippen LogP contribution >= 0.6 is 11.8 Å². The van der Waals surface area contributed by atoms with Crippen LogP contribution in [0.3, 0.4) is 0 Å². The predicted octanol–water partition coefficient (Wildman–Crippen LogP) is 11.6. The number of nitrogens with zero attached hydrogens (tertiary/aromatic N) is 2. The molecule has 0 amide bonds. The van der Waals surface area contributed by atoms with Gasteiger partial charge in [0.25, 0.3) is 0 Å². The summed E-state index contributed by atoms with van der Waals surface area (Å²) in [6, 6.07) is 44.3. The maximum absolute atomic E-state index is 10.9. The first-order valence-electron chi connectivity index (χ1n) is 15.9. The zero-order chi connectivity index (χ0) is 32.8. The average molecular weight is 835 g/mol. The second-order valence-electron chi connectivity index (χ2n) is 12.1. The summed E-state index contributed by atoms with van der Waals surface area (Å²) in [5, 5.41) is 14.0. The van der Waals surface area contributed by atoms with Crippen LogP contribution in [0.1, 0.15) is 16.7 Å². The number of para-hydroxylation sites is 3. The third kappa shape index (κ3) is 6.33. The molecule has 0 saturated heterocycles. The number of aromatic nitrogens is 2. The minimum atomic E-state index is 0. The summed E-state index contributed by atoms with van der Waals surface area (Å²) in [6.07, 6.45) is 1.80. The molecule has 5 aromatic carbocycles. The Balaban J connectivity index is 0.00000378. The number of rotatable bonds is 6. The maximum Gasteiger partial charge on any atom is 0.141 e. The van der Waals surface area contributed by atoms with E-state index >= 15 is 0 Å². The number of benzene rings is 5. The Morgan fingerprint density at radius 2 is 1.39 bits per heavy atom. The van der Waals surface area contributed by atoms with Gasteiger partial charge in [-0.1, -0.05) is 101 Å². The molecule has 0 unspecified atom stereocenters. The molecule has 0 bridgehead atoms. The summed E-state index contributed by atoms with van der Waals surface area (Å²) in [4.78, 5) is 10.7. The molecule has 0 atom stereocenters. The summed E-state index contributed by atoms with van der Waals surface area (Å²) >= 11 is 1.56. The molecule has 3 heterocycles. The number of pyridine rings is 2. The van der Waals surface area contributed by atoms with Gasteiger partial charge in [-0.15, -0.1) is 23.8 Å². The zero-order valence-electron chi connectivity index (χ0n) is 27.1. The smallest absolute Gasteiger partial charge is 0.141 e. The van der Waals surface area contributed by atoms with Crippen LogP contribution in [0, 0.1) is 26.8 Å². The van der Waals surface area contributed by atoms with E-state index in [9.17, 15) is 5.11 Å². The van der Waals surface area contributed by atoms with Gasteiger partial charge in [-0.2, -0.15) is 0 Å². The van der Waals surface area contributed by atoms with Crippen molar-refractivity contribution in [1.82, 2.24) is 9.97 Å². The standard InChI is InChI=1S/C43H31N2O2S.Pt/c1-26-19-27(2)42(28(3)20-26)31-24-37(45-38(25-31)36-12-4-6-15-39(36)46)30-21-29(22-32(23-30)48-41-17-8-9-18-44-41)33-13-10-14-35-34-11-5-7-16-40(34)47-43(33)35;/h4-22,24-25,46H,1-3H3;/q-1;. The van der Waals surface area contributed by atoms with Gasteiger partial charge in [0.15, 0.2) is 0 Å². The predicted molar refractivity (Wildman–Crippen MR) is 196 cm³/mol. The van der Waals surface area contributed by atoms with E-state index in [4.69, 9.17) is 9.40 Å². The van der Waals surface area contributed by atoms with E-state index in [1.165, 1.54) is 16.7 Å². The van der Waals surface area contributed by atoms with Gasteiger partial charge in [-0.25, -0.2) is 4.98 Å². The third-order valence-electron chi connectivity index (χ3n) is 8.66. The van der Waals surface area contributed by atoms with Crippen molar-refractivity contribution < 1.29 is 30.6 Å². The Morgan fingerprint density at radius 3 is 2.18 bits per heavy atom. The molecule has 1 N–H and O–H groups in total. The topological polar surface area (TPSA) is 59.2 Å². The fourth-order valence-electron chi connectivity index (χ4n) is 6.66. The molecule has 242 valence electrons. The molecule has 6 heteroatoms. The fraction of sp³-hybridized carbons (Fsp3) is 0.0698. The summed E-state index contributed by atoms with van der Waals surface area (Å²) in [5.74, 6) is 0.186. The van der Waals surface area contributed by atoms with Crippen molar-refractivity contribution >= 4 is 33.7 Å². The number of phenols is 1. The van der Waals surface area contributed by atoms with Gasteiger partial charge in [-0.05, 0) is 85.1 Å². The maximum atomic E-state index is 10.9. The Bertz CT molecular complexity index is 2470. The van der Waals surface area contributed by atoms with Crippen LogP contribution < -0.4 is 0 Å². The first kappa shape index (κ1) is 32.6. The number of hydrogen-bond donors (Lipinski definition) is 1. The second kappa shape index (κ2) is 13.5. The van der Waals surface area contributed by atoms with Crippen molar-refractivity contribution in [3.63, 3.8) is 0 Å². The monoisotopic (exact) mass is 834 g/mol. The van der Waals surface area contributed by atoms with E-state index < -0.39 is 0 Å². The Morgan fingerprint density at radius 1 is 0.673 bits per heavy atom. The molecule has 0 fully saturated rings. The molecule has 0 aliphatic carbocycles. The molecule has 4 nitrogen and oxygen atoms in total. The SMILES string of the molecule is Cc1cc(C)c(-c2cc(-c3[c-]c(Sc4ccccn4)cc(-c4cccc5c4oc4ccccc45)c3)nc(-c3ccccc3O)c2)c(C)c1.[Pt]. The summed E-state index contributed by atoms with van der Waals surface area (Å²) in [6.45, 7) is 6.42. The first-order chi connectivity index (χ1) is 23.4. The van der Waals surface area contributed by atoms with E-state index in [-0.39, 0.29) is 26.8 Å². The fourth-order valence-corrected chi connectivity index (χ4v) is 7.50. The number of hydrogen-bond acceptors (Lipinski definition) is 5. The Kier molecular flexibility index (Phi) is 8.98. The molecule has 3 aromatic heterocycles. The number of aryl methyl sites for hydroxylation is 3. The molecular formula is C43H31N2O2PtS-. The van der Waals surface area contributed by atoms with Crippen molar-refractivity contribution in [3.05, 3.63) is 150 Å². The van der Waals surface area contributed by atoms with Gasteiger partial charge in [0.2, 0.25) is 0 Å². The van der Waals surface area contributed by atoms with E-state index in [1.54, 1.807) is 24.0 Å². The molecule has 0 spiro atoms. The normalized spacial score (nSPS) is 11.2. The van der Waals surface area contributed by atoms with E-state index in [0.29, 0.717) is 11.3 Å². The van der Waals surface area contributed by atoms with Crippen molar-refractivity contribution in [2.45, 2.75) is 30.7 Å². The molecule has 49 heavy (non-hydrogen) atoms. The van der Waals surface area contributed by atoms with E-state index in [0.717, 1.165) is 65.4 Å². The molecule has 0 aliphatic rings. The van der Waals surface area contributed by atoms with Crippen LogP contribution in [0.5, 0.6) is 5.75 Å². The largest absolute Gasteiger partial charge is 0.507 e. The third-order valence-corrected chi connectivity index (χ3v) is 9.55. The molecule has 0 saturated carbocycles. The summed E-state index contributed by atoms with van der Waals surface area (Å²) < 4.78 is 6.47. The number of furan rings is 1. The number of phenolic OH excluding ortho intramolecular Hbond substituents is 1. The van der Waals surface area contributed by atoms with Crippen LogP contribution in [0.25, 0.3) is 66.7 Å². The van der Waals surface area contributed by atoms with Gasteiger partial charge in [-0.3, -0.25) is 4.98 Å². The van der Waals surface area contributed by atoms with Crippen LogP contribution in [-0.4, -0.2) is 15.1 Å². The first-order valence-corrected chi connectivity index (χ1v) is 16.7. The van der Waals surface area contributed by atoms with Gasteiger partial charge in [0.05, 0.1) is 10.7 Å². The molecule has 0 radical (unpaired) electrons. The molecular weight excluding hydrogens is 804 g/mol. The number of aromatic hydroxyl groups is 1. The van der Waals surface area contributed by atoms with Crippen molar-refractivity contribution in [3.8, 4) is 50.5 Å². The molecule has 0 aliphatic heterocycles. The minimum absolute atomic E-state index is 0. The Hall–Kier alpha value is -4.96. The molecule has 8 aromatic rings. The number of fused-ring (bicyclic) bond motifs is 3. The van der Waals surface area contributed by atoms with Gasteiger partial charge in [0, 0.05) is 49.2 Å². The van der Waals surface area contributed by atoms with E-state index in [1.807, 2.05) is 54.6 Å². The average Bonchev–Trinajstić information content (AvgIpc) is 3.47. The summed E-state index contributed by atoms with van der Waals surface area (Å²) in [5.41, 5.74) is 12.4. The van der Waals surface area contributed by atoms with Crippen LogP contribution in [0.2, 0.25) is 0 Å². The van der Waals surface area contributed by atoms with Crippen molar-refractivity contribution in [1.29, 1.82) is 0 Å². The second-order valence-corrected chi connectivity index (χ2v) is 13.2. The van der Waals surface area contributed by atoms with Gasteiger partial charge in [0.1, 0.15) is 16.9 Å². The van der Waals surface area contributed by atoms with Crippen LogP contribution in [0.15, 0.2) is 142 Å². The summed E-state index contributed by atoms with van der Waals surface area (Å²) in [7, 11) is 0. The van der Waals surface area contributed by atoms with Crippen molar-refractivity contribution in [2.75, 3.05) is 0 Å². The van der Waals surface area contributed by atoms with E-state index in [2.05, 4.69) is 92.5 Å². The quantitative estimate of drug-likeness (QED) is 0.169. The Labute approximate surface area is 304 Å². The van der Waals surface area contributed by atoms with Gasteiger partial charge < -0.3 is 9.52 Å². The van der Waals surface area contributed by atoms with Crippen molar-refractivity contribution in [2.24, 2.45) is 0 Å². The minimum Gasteiger partial charge on any atom is -0.507 e.